The maximum atomic E-state index is 10.2. The molecule has 0 aromatic heterocycles. The average Bonchev–Trinajstić information content (AvgIpc) is 2.26. The molecule has 0 radical (unpaired) electrons. The summed E-state index contributed by atoms with van der Waals surface area (Å²) in [5, 5.41) is 2.74. The van der Waals surface area contributed by atoms with Crippen LogP contribution >= 0.6 is 0 Å². The smallest absolute Gasteiger partial charge is 0.207 e. The predicted octanol–water partition coefficient (Wildman–Crippen LogP) is 1.63. The van der Waals surface area contributed by atoms with Crippen LogP contribution in [0.15, 0.2) is 0 Å². The van der Waals surface area contributed by atoms with E-state index in [1.807, 2.05) is 0 Å². The molecule has 0 saturated heterocycles. The van der Waals surface area contributed by atoms with Crippen molar-refractivity contribution >= 4 is 6.41 Å². The molecule has 0 spiro atoms. The molecule has 1 fully saturated rings. The maximum absolute atomic E-state index is 10.2. The molecule has 3 heteroatoms. The van der Waals surface area contributed by atoms with Crippen LogP contribution in [0.25, 0.3) is 0 Å². The van der Waals surface area contributed by atoms with Gasteiger partial charge < -0.3 is 5.32 Å². The highest BCUT2D eigenvalue weighted by Gasteiger charge is 2.22. The van der Waals surface area contributed by atoms with Gasteiger partial charge in [0.15, 0.2) is 0 Å². The Balaban J connectivity index is 2.27. The maximum Gasteiger partial charge on any atom is 0.207 e. The number of carbonyl (C=O) groups is 1. The summed E-state index contributed by atoms with van der Waals surface area (Å²) in [6.45, 7) is 7.43. The van der Waals surface area contributed by atoms with Crippen molar-refractivity contribution in [3.8, 4) is 0 Å². The Hall–Kier alpha value is -0.570. The van der Waals surface area contributed by atoms with Crippen molar-refractivity contribution < 1.29 is 4.79 Å². The van der Waals surface area contributed by atoms with Crippen LogP contribution in [-0.4, -0.2) is 37.0 Å². The van der Waals surface area contributed by atoms with Crippen LogP contribution in [0.1, 0.15) is 39.5 Å². The van der Waals surface area contributed by atoms with E-state index in [-0.39, 0.29) is 0 Å². The lowest BCUT2D eigenvalue weighted by Crippen LogP contribution is -2.41. The molecule has 0 heterocycles. The SMILES string of the molecule is CCN(CCNC=O)C1CCC(C)CC1. The van der Waals surface area contributed by atoms with Crippen LogP contribution < -0.4 is 5.32 Å². The molecule has 1 saturated carbocycles. The summed E-state index contributed by atoms with van der Waals surface area (Å²) in [7, 11) is 0. The minimum absolute atomic E-state index is 0.750. The van der Waals surface area contributed by atoms with Gasteiger partial charge in [-0.2, -0.15) is 0 Å². The number of likely N-dealkylation sites (N-methyl/N-ethyl adjacent to an activating group) is 1. The van der Waals surface area contributed by atoms with E-state index < -0.39 is 0 Å². The molecule has 1 N–H and O–H groups in total. The first-order valence-corrected chi connectivity index (χ1v) is 6.19. The third kappa shape index (κ3) is 4.20. The monoisotopic (exact) mass is 212 g/mol. The van der Waals surface area contributed by atoms with Crippen molar-refractivity contribution in [2.75, 3.05) is 19.6 Å². The summed E-state index contributed by atoms with van der Waals surface area (Å²) in [6, 6.07) is 0.750. The van der Waals surface area contributed by atoms with Crippen LogP contribution in [0.4, 0.5) is 0 Å². The van der Waals surface area contributed by atoms with Gasteiger partial charge in [0.1, 0.15) is 0 Å². The van der Waals surface area contributed by atoms with Gasteiger partial charge in [0.05, 0.1) is 0 Å². The number of rotatable bonds is 6. The molecule has 1 aliphatic rings. The molecule has 1 rings (SSSR count). The Morgan fingerprint density at radius 1 is 1.33 bits per heavy atom. The number of hydrogen-bond acceptors (Lipinski definition) is 2. The van der Waals surface area contributed by atoms with Crippen LogP contribution in [0, 0.1) is 5.92 Å². The van der Waals surface area contributed by atoms with Gasteiger partial charge in [0, 0.05) is 19.1 Å². The van der Waals surface area contributed by atoms with E-state index >= 15 is 0 Å². The molecule has 0 atom stereocenters. The van der Waals surface area contributed by atoms with Crippen molar-refractivity contribution in [2.24, 2.45) is 5.92 Å². The van der Waals surface area contributed by atoms with Gasteiger partial charge in [-0.3, -0.25) is 9.69 Å². The second-order valence-electron chi connectivity index (χ2n) is 4.61. The van der Waals surface area contributed by atoms with E-state index in [0.717, 1.165) is 38.0 Å². The van der Waals surface area contributed by atoms with E-state index in [2.05, 4.69) is 24.1 Å². The van der Waals surface area contributed by atoms with Gasteiger partial charge in [-0.15, -0.1) is 0 Å². The summed E-state index contributed by atoms with van der Waals surface area (Å²) in [5.74, 6) is 0.910. The molecule has 0 aromatic carbocycles. The first-order valence-electron chi connectivity index (χ1n) is 6.19. The Kier molecular flexibility index (Phi) is 5.69. The van der Waals surface area contributed by atoms with Crippen molar-refractivity contribution in [1.82, 2.24) is 10.2 Å². The average molecular weight is 212 g/mol. The van der Waals surface area contributed by atoms with Crippen LogP contribution in [-0.2, 0) is 4.79 Å². The molecule has 0 unspecified atom stereocenters. The molecule has 0 aliphatic heterocycles. The Bertz CT molecular complexity index is 176. The highest BCUT2D eigenvalue weighted by atomic mass is 16.1. The Labute approximate surface area is 93.2 Å². The summed E-state index contributed by atoms with van der Waals surface area (Å²) in [5.41, 5.74) is 0. The lowest BCUT2D eigenvalue weighted by molar-refractivity contribution is -0.109. The van der Waals surface area contributed by atoms with Gasteiger partial charge >= 0.3 is 0 Å². The van der Waals surface area contributed by atoms with Crippen LogP contribution in [0.2, 0.25) is 0 Å². The second kappa shape index (κ2) is 6.83. The molecule has 15 heavy (non-hydrogen) atoms. The zero-order valence-corrected chi connectivity index (χ0v) is 10.0. The van der Waals surface area contributed by atoms with E-state index in [1.54, 1.807) is 0 Å². The number of nitrogens with one attached hydrogen (secondary N) is 1. The van der Waals surface area contributed by atoms with Crippen molar-refractivity contribution in [2.45, 2.75) is 45.6 Å². The summed E-state index contributed by atoms with van der Waals surface area (Å²) >= 11 is 0. The topological polar surface area (TPSA) is 32.3 Å². The molecular weight excluding hydrogens is 188 g/mol. The second-order valence-corrected chi connectivity index (χ2v) is 4.61. The lowest BCUT2D eigenvalue weighted by atomic mass is 9.86. The highest BCUT2D eigenvalue weighted by Crippen LogP contribution is 2.26. The largest absolute Gasteiger partial charge is 0.357 e. The lowest BCUT2D eigenvalue weighted by Gasteiger charge is -2.35. The third-order valence-electron chi connectivity index (χ3n) is 3.53. The fourth-order valence-corrected chi connectivity index (χ4v) is 2.47. The first kappa shape index (κ1) is 12.5. The van der Waals surface area contributed by atoms with Crippen LogP contribution in [0.3, 0.4) is 0 Å². The number of carbonyl (C=O) groups excluding carboxylic acids is 1. The number of amides is 1. The van der Waals surface area contributed by atoms with Gasteiger partial charge in [-0.05, 0) is 38.1 Å². The zero-order valence-electron chi connectivity index (χ0n) is 10.0. The molecule has 0 aromatic rings. The predicted molar refractivity (Wildman–Crippen MR) is 62.7 cm³/mol. The standard InChI is InChI=1S/C12H24N2O/c1-3-14(9-8-13-10-15)12-6-4-11(2)5-7-12/h10-12H,3-9H2,1-2H3,(H,13,15). The fraction of sp³-hybridized carbons (Fsp3) is 0.917. The van der Waals surface area contributed by atoms with Crippen molar-refractivity contribution in [3.05, 3.63) is 0 Å². The summed E-state index contributed by atoms with van der Waals surface area (Å²) in [6.07, 6.45) is 6.17. The third-order valence-corrected chi connectivity index (χ3v) is 3.53. The van der Waals surface area contributed by atoms with E-state index in [1.165, 1.54) is 25.7 Å². The zero-order chi connectivity index (χ0) is 11.1. The first-order chi connectivity index (χ1) is 7.27. The van der Waals surface area contributed by atoms with E-state index in [0.29, 0.717) is 0 Å². The number of nitrogens with zero attached hydrogens (tertiary/aromatic N) is 1. The Morgan fingerprint density at radius 3 is 2.53 bits per heavy atom. The molecular formula is C12H24N2O. The van der Waals surface area contributed by atoms with Gasteiger partial charge in [0.2, 0.25) is 6.41 Å². The van der Waals surface area contributed by atoms with Gasteiger partial charge in [-0.25, -0.2) is 0 Å². The number of hydrogen-bond donors (Lipinski definition) is 1. The van der Waals surface area contributed by atoms with Crippen LogP contribution in [0.5, 0.6) is 0 Å². The van der Waals surface area contributed by atoms with Crippen molar-refractivity contribution in [1.29, 1.82) is 0 Å². The van der Waals surface area contributed by atoms with Gasteiger partial charge in [0.25, 0.3) is 0 Å². The molecule has 88 valence electrons. The highest BCUT2D eigenvalue weighted by molar-refractivity contribution is 5.45. The molecule has 0 bridgehead atoms. The van der Waals surface area contributed by atoms with Crippen molar-refractivity contribution in [3.63, 3.8) is 0 Å². The van der Waals surface area contributed by atoms with E-state index in [4.69, 9.17) is 0 Å². The molecule has 3 nitrogen and oxygen atoms in total. The minimum Gasteiger partial charge on any atom is -0.357 e. The van der Waals surface area contributed by atoms with E-state index in [9.17, 15) is 4.79 Å². The normalized spacial score (nSPS) is 26.6. The Morgan fingerprint density at radius 2 is 2.00 bits per heavy atom. The summed E-state index contributed by atoms with van der Waals surface area (Å²) < 4.78 is 0. The quantitative estimate of drug-likeness (QED) is 0.536. The van der Waals surface area contributed by atoms with Gasteiger partial charge in [-0.1, -0.05) is 13.8 Å². The molecule has 1 aliphatic carbocycles. The summed E-state index contributed by atoms with van der Waals surface area (Å²) in [4.78, 5) is 12.7. The minimum atomic E-state index is 0.750. The molecule has 1 amide bonds. The fourth-order valence-electron chi connectivity index (χ4n) is 2.47.